The zero-order chi connectivity index (χ0) is 12.4. The maximum atomic E-state index is 6.08. The second-order valence-corrected chi connectivity index (χ2v) is 6.68. The van der Waals surface area contributed by atoms with Crippen LogP contribution in [0, 0.1) is 0 Å². The summed E-state index contributed by atoms with van der Waals surface area (Å²) >= 11 is 2.07. The lowest BCUT2D eigenvalue weighted by Crippen LogP contribution is -2.53. The van der Waals surface area contributed by atoms with Crippen molar-refractivity contribution in [1.82, 2.24) is 4.90 Å². The molecule has 0 spiro atoms. The van der Waals surface area contributed by atoms with Crippen molar-refractivity contribution in [2.24, 2.45) is 5.73 Å². The third kappa shape index (κ3) is 2.20. The summed E-state index contributed by atoms with van der Waals surface area (Å²) in [6.45, 7) is 3.24. The Labute approximate surface area is 114 Å². The maximum Gasteiger partial charge on any atom is 0.0429 e. The van der Waals surface area contributed by atoms with Gasteiger partial charge in [-0.25, -0.2) is 0 Å². The molecule has 18 heavy (non-hydrogen) atoms. The normalized spacial score (nSPS) is 33.1. The van der Waals surface area contributed by atoms with Gasteiger partial charge in [-0.15, -0.1) is 0 Å². The molecule has 2 nitrogen and oxygen atoms in total. The average molecular weight is 262 g/mol. The summed E-state index contributed by atoms with van der Waals surface area (Å²) in [4.78, 5) is 2.67. The minimum absolute atomic E-state index is 0.300. The molecule has 1 aromatic rings. The molecule has 2 aliphatic heterocycles. The van der Waals surface area contributed by atoms with Crippen molar-refractivity contribution < 1.29 is 0 Å². The standard InChI is InChI=1S/C15H22N2S/c16-11-15(7-9-18-12-15)17-8-6-14(10-17)13-4-2-1-3-5-13/h1-5,14H,6-12,16H2. The zero-order valence-electron chi connectivity index (χ0n) is 10.8. The first-order chi connectivity index (χ1) is 8.84. The molecule has 2 saturated heterocycles. The quantitative estimate of drug-likeness (QED) is 0.906. The monoisotopic (exact) mass is 262 g/mol. The average Bonchev–Trinajstić information content (AvgIpc) is 3.09. The van der Waals surface area contributed by atoms with E-state index in [9.17, 15) is 0 Å². The highest BCUT2D eigenvalue weighted by atomic mass is 32.2. The van der Waals surface area contributed by atoms with E-state index < -0.39 is 0 Å². The Balaban J connectivity index is 1.71. The van der Waals surface area contributed by atoms with Crippen LogP contribution in [0.4, 0.5) is 0 Å². The Hall–Kier alpha value is -0.510. The molecule has 2 unspecified atom stereocenters. The fourth-order valence-electron chi connectivity index (χ4n) is 3.32. The van der Waals surface area contributed by atoms with Gasteiger partial charge in [0.1, 0.15) is 0 Å². The summed E-state index contributed by atoms with van der Waals surface area (Å²) < 4.78 is 0. The Morgan fingerprint density at radius 1 is 1.33 bits per heavy atom. The summed E-state index contributed by atoms with van der Waals surface area (Å²) in [6.07, 6.45) is 2.56. The minimum Gasteiger partial charge on any atom is -0.329 e. The number of thioether (sulfide) groups is 1. The highest BCUT2D eigenvalue weighted by molar-refractivity contribution is 7.99. The van der Waals surface area contributed by atoms with Crippen molar-refractivity contribution in [2.75, 3.05) is 31.1 Å². The molecule has 3 heteroatoms. The first-order valence-electron chi connectivity index (χ1n) is 6.92. The van der Waals surface area contributed by atoms with E-state index in [1.165, 1.54) is 43.0 Å². The Kier molecular flexibility index (Phi) is 3.64. The summed E-state index contributed by atoms with van der Waals surface area (Å²) in [6, 6.07) is 11.0. The predicted octanol–water partition coefficient (Wildman–Crippen LogP) is 2.31. The second kappa shape index (κ2) is 5.24. The third-order valence-electron chi connectivity index (χ3n) is 4.59. The van der Waals surface area contributed by atoms with E-state index in [1.54, 1.807) is 0 Å². The lowest BCUT2D eigenvalue weighted by Gasteiger charge is -2.37. The van der Waals surface area contributed by atoms with Crippen LogP contribution in [-0.2, 0) is 0 Å². The third-order valence-corrected chi connectivity index (χ3v) is 5.83. The lowest BCUT2D eigenvalue weighted by atomic mass is 9.96. The molecular formula is C15H22N2S. The van der Waals surface area contributed by atoms with Crippen LogP contribution in [0.2, 0.25) is 0 Å². The molecule has 0 saturated carbocycles. The molecule has 2 N–H and O–H groups in total. The van der Waals surface area contributed by atoms with E-state index in [4.69, 9.17) is 5.73 Å². The van der Waals surface area contributed by atoms with Crippen molar-refractivity contribution in [2.45, 2.75) is 24.3 Å². The molecule has 0 radical (unpaired) electrons. The summed E-state index contributed by atoms with van der Waals surface area (Å²) in [7, 11) is 0. The SMILES string of the molecule is NCC1(N2CCC(c3ccccc3)C2)CCSC1. The highest BCUT2D eigenvalue weighted by Crippen LogP contribution is 2.38. The van der Waals surface area contributed by atoms with Gasteiger partial charge in [0, 0.05) is 24.4 Å². The molecule has 2 atom stereocenters. The van der Waals surface area contributed by atoms with E-state index in [2.05, 4.69) is 47.0 Å². The molecule has 2 fully saturated rings. The van der Waals surface area contributed by atoms with Crippen LogP contribution in [0.25, 0.3) is 0 Å². The van der Waals surface area contributed by atoms with Gasteiger partial charge in [0.15, 0.2) is 0 Å². The number of likely N-dealkylation sites (tertiary alicyclic amines) is 1. The Morgan fingerprint density at radius 3 is 2.83 bits per heavy atom. The van der Waals surface area contributed by atoms with E-state index in [-0.39, 0.29) is 0 Å². The number of nitrogens with zero attached hydrogens (tertiary/aromatic N) is 1. The van der Waals surface area contributed by atoms with Crippen LogP contribution in [0.5, 0.6) is 0 Å². The molecule has 2 aliphatic rings. The maximum absolute atomic E-state index is 6.08. The predicted molar refractivity (Wildman–Crippen MR) is 79.1 cm³/mol. The molecule has 3 rings (SSSR count). The van der Waals surface area contributed by atoms with Crippen molar-refractivity contribution >= 4 is 11.8 Å². The number of hydrogen-bond acceptors (Lipinski definition) is 3. The van der Waals surface area contributed by atoms with E-state index >= 15 is 0 Å². The van der Waals surface area contributed by atoms with Crippen LogP contribution >= 0.6 is 11.8 Å². The second-order valence-electron chi connectivity index (χ2n) is 5.57. The fourth-order valence-corrected chi connectivity index (χ4v) is 4.82. The van der Waals surface area contributed by atoms with Gasteiger partial charge in [0.05, 0.1) is 0 Å². The molecule has 2 heterocycles. The van der Waals surface area contributed by atoms with Gasteiger partial charge in [-0.1, -0.05) is 30.3 Å². The first-order valence-corrected chi connectivity index (χ1v) is 8.07. The Bertz CT molecular complexity index is 387. The fraction of sp³-hybridized carbons (Fsp3) is 0.600. The molecule has 0 bridgehead atoms. The van der Waals surface area contributed by atoms with E-state index in [0.29, 0.717) is 11.5 Å². The van der Waals surface area contributed by atoms with Gasteiger partial charge < -0.3 is 5.73 Å². The van der Waals surface area contributed by atoms with Crippen LogP contribution < -0.4 is 5.73 Å². The summed E-state index contributed by atoms with van der Waals surface area (Å²) in [5, 5.41) is 0. The summed E-state index contributed by atoms with van der Waals surface area (Å²) in [5.74, 6) is 3.22. The molecule has 0 aromatic heterocycles. The zero-order valence-corrected chi connectivity index (χ0v) is 11.7. The molecular weight excluding hydrogens is 240 g/mol. The Morgan fingerprint density at radius 2 is 2.17 bits per heavy atom. The first kappa shape index (κ1) is 12.5. The van der Waals surface area contributed by atoms with Gasteiger partial charge in [-0.2, -0.15) is 11.8 Å². The van der Waals surface area contributed by atoms with Crippen molar-refractivity contribution in [3.8, 4) is 0 Å². The summed E-state index contributed by atoms with van der Waals surface area (Å²) in [5.41, 5.74) is 7.88. The minimum atomic E-state index is 0.300. The van der Waals surface area contributed by atoms with Crippen LogP contribution in [-0.4, -0.2) is 41.6 Å². The van der Waals surface area contributed by atoms with Crippen LogP contribution in [0.15, 0.2) is 30.3 Å². The molecule has 1 aromatic carbocycles. The van der Waals surface area contributed by atoms with Crippen LogP contribution in [0.3, 0.4) is 0 Å². The van der Waals surface area contributed by atoms with Crippen LogP contribution in [0.1, 0.15) is 24.3 Å². The lowest BCUT2D eigenvalue weighted by molar-refractivity contribution is 0.148. The number of benzene rings is 1. The van der Waals surface area contributed by atoms with E-state index in [0.717, 1.165) is 6.54 Å². The van der Waals surface area contributed by atoms with Gasteiger partial charge in [-0.05, 0) is 36.6 Å². The topological polar surface area (TPSA) is 29.3 Å². The van der Waals surface area contributed by atoms with Crippen molar-refractivity contribution in [1.29, 1.82) is 0 Å². The highest BCUT2D eigenvalue weighted by Gasteiger charge is 2.42. The number of nitrogens with two attached hydrogens (primary N) is 1. The van der Waals surface area contributed by atoms with Crippen molar-refractivity contribution in [3.63, 3.8) is 0 Å². The number of rotatable bonds is 3. The van der Waals surface area contributed by atoms with Crippen molar-refractivity contribution in [3.05, 3.63) is 35.9 Å². The van der Waals surface area contributed by atoms with E-state index in [1.807, 2.05) is 0 Å². The molecule has 0 aliphatic carbocycles. The smallest absolute Gasteiger partial charge is 0.0429 e. The van der Waals surface area contributed by atoms with Gasteiger partial charge in [-0.3, -0.25) is 4.90 Å². The number of hydrogen-bond donors (Lipinski definition) is 1. The van der Waals surface area contributed by atoms with Gasteiger partial charge in [0.25, 0.3) is 0 Å². The van der Waals surface area contributed by atoms with Gasteiger partial charge in [0.2, 0.25) is 0 Å². The molecule has 0 amide bonds. The molecule has 98 valence electrons. The largest absolute Gasteiger partial charge is 0.329 e. The van der Waals surface area contributed by atoms with Gasteiger partial charge >= 0.3 is 0 Å².